The van der Waals surface area contributed by atoms with Crippen LogP contribution in [0.25, 0.3) is 28.1 Å². The highest BCUT2D eigenvalue weighted by molar-refractivity contribution is 5.82. The van der Waals surface area contributed by atoms with E-state index in [0.29, 0.717) is 6.04 Å². The second kappa shape index (κ2) is 8.62. The highest BCUT2D eigenvalue weighted by Gasteiger charge is 2.26. The fourth-order valence-electron chi connectivity index (χ4n) is 3.80. The van der Waals surface area contributed by atoms with Crippen molar-refractivity contribution in [2.75, 3.05) is 11.4 Å². The second-order valence-electron chi connectivity index (χ2n) is 7.95. The molecule has 6 rings (SSSR count). The smallest absolute Gasteiger partial charge is 0.183 e. The summed E-state index contributed by atoms with van der Waals surface area (Å²) in [6.07, 6.45) is 14.3. The lowest BCUT2D eigenvalue weighted by molar-refractivity contribution is 0.615. The molecule has 4 heterocycles. The first kappa shape index (κ1) is 20.5. The van der Waals surface area contributed by atoms with Crippen molar-refractivity contribution in [3.8, 4) is 11.4 Å². The molecule has 0 bridgehead atoms. The lowest BCUT2D eigenvalue weighted by atomic mass is 10.0. The molecule has 0 unspecified atom stereocenters. The summed E-state index contributed by atoms with van der Waals surface area (Å²) < 4.78 is 7.68. The van der Waals surface area contributed by atoms with Gasteiger partial charge in [-0.25, -0.2) is 0 Å². The fraction of sp³-hybridized carbons (Fsp3) is 0.167. The lowest BCUT2D eigenvalue weighted by Gasteiger charge is -2.23. The first-order valence-electron chi connectivity index (χ1n) is 10.7. The van der Waals surface area contributed by atoms with Crippen molar-refractivity contribution in [2.45, 2.75) is 18.9 Å². The van der Waals surface area contributed by atoms with E-state index in [9.17, 15) is 0 Å². The number of pyridine rings is 1. The minimum Gasteiger partial charge on any atom is -0.463 e. The fourth-order valence-corrected chi connectivity index (χ4v) is 3.80. The van der Waals surface area contributed by atoms with Crippen LogP contribution in [0.15, 0.2) is 78.0 Å². The van der Waals surface area contributed by atoms with E-state index >= 15 is 0 Å². The van der Waals surface area contributed by atoms with Crippen molar-refractivity contribution in [1.29, 1.82) is 5.41 Å². The zero-order valence-corrected chi connectivity index (χ0v) is 17.9. The summed E-state index contributed by atoms with van der Waals surface area (Å²) in [4.78, 5) is 6.69. The maximum atomic E-state index is 6.06. The normalized spacial score (nSPS) is 15.2. The van der Waals surface area contributed by atoms with Gasteiger partial charge in [0.15, 0.2) is 17.4 Å². The molecule has 9 heteroatoms. The van der Waals surface area contributed by atoms with Gasteiger partial charge in [0.25, 0.3) is 0 Å². The van der Waals surface area contributed by atoms with Crippen molar-refractivity contribution >= 4 is 28.3 Å². The van der Waals surface area contributed by atoms with Crippen LogP contribution in [0.1, 0.15) is 24.4 Å². The van der Waals surface area contributed by atoms with E-state index in [4.69, 9.17) is 9.83 Å². The van der Waals surface area contributed by atoms with Crippen molar-refractivity contribution < 1.29 is 4.42 Å². The average molecular weight is 441 g/mol. The first-order valence-corrected chi connectivity index (χ1v) is 10.7. The van der Waals surface area contributed by atoms with Gasteiger partial charge in [-0.15, -0.1) is 10.2 Å². The van der Waals surface area contributed by atoms with Crippen LogP contribution in [0, 0.1) is 5.41 Å². The number of nitrogens with two attached hydrogens (primary N) is 2. The lowest BCUT2D eigenvalue weighted by Crippen LogP contribution is -2.20. The number of benzene rings is 1. The molecule has 0 radical (unpaired) electrons. The predicted octanol–water partition coefficient (Wildman–Crippen LogP) is 3.68. The molecule has 1 aliphatic heterocycles. The zero-order chi connectivity index (χ0) is 22.8. The van der Waals surface area contributed by atoms with Gasteiger partial charge in [-0.3, -0.25) is 10.4 Å². The molecule has 0 saturated heterocycles. The Bertz CT molecular complexity index is 1360. The number of guanidine groups is 1. The Labute approximate surface area is 190 Å². The highest BCUT2D eigenvalue weighted by Crippen LogP contribution is 2.38. The number of rotatable bonds is 4. The number of hydrogen-bond donors (Lipinski definition) is 3. The van der Waals surface area contributed by atoms with E-state index < -0.39 is 0 Å². The Hall–Kier alpha value is -4.40. The van der Waals surface area contributed by atoms with Gasteiger partial charge in [-0.2, -0.15) is 0 Å². The van der Waals surface area contributed by atoms with Crippen molar-refractivity contribution in [1.82, 2.24) is 19.7 Å². The third kappa shape index (κ3) is 4.47. The Kier molecular flexibility index (Phi) is 5.35. The summed E-state index contributed by atoms with van der Waals surface area (Å²) >= 11 is 0. The molecule has 0 spiro atoms. The van der Waals surface area contributed by atoms with Gasteiger partial charge >= 0.3 is 0 Å². The van der Waals surface area contributed by atoms with E-state index in [2.05, 4.69) is 78.7 Å². The topological polar surface area (TPSA) is 136 Å². The van der Waals surface area contributed by atoms with Crippen molar-refractivity contribution in [3.63, 3.8) is 0 Å². The van der Waals surface area contributed by atoms with Crippen LogP contribution in [-0.4, -0.2) is 32.3 Å². The van der Waals surface area contributed by atoms with E-state index in [1.807, 2.05) is 24.7 Å². The van der Waals surface area contributed by atoms with Crippen LogP contribution in [0.4, 0.5) is 5.69 Å². The Morgan fingerprint density at radius 1 is 1.12 bits per heavy atom. The molecule has 2 aliphatic rings. The van der Waals surface area contributed by atoms with Crippen LogP contribution in [0.2, 0.25) is 0 Å². The molecule has 1 fully saturated rings. The number of fused-ring (bicyclic) bond motifs is 1. The van der Waals surface area contributed by atoms with E-state index in [0.717, 1.165) is 45.9 Å². The third-order valence-electron chi connectivity index (χ3n) is 5.53. The standard InChI is InChI=1S/C23H19N5O.CH5N3/c1-2-17(23-26-25-15-28(23)19-4-5-19)12-20(3-1)27-9-6-16(7-10-27)18-13-22-21(24-14-18)8-11-29-22;2-1(3)4/h1-3,6-9,11-15,19H,4-5,10H2;(H5,2,3,4). The monoisotopic (exact) mass is 440 g/mol. The highest BCUT2D eigenvalue weighted by atomic mass is 16.3. The molecule has 1 aliphatic carbocycles. The van der Waals surface area contributed by atoms with Crippen LogP contribution in [-0.2, 0) is 0 Å². The molecular formula is C24H24N8O. The number of nitrogens with zero attached hydrogens (tertiary/aromatic N) is 5. The zero-order valence-electron chi connectivity index (χ0n) is 17.9. The first-order chi connectivity index (χ1) is 16.1. The van der Waals surface area contributed by atoms with Crippen LogP contribution >= 0.6 is 0 Å². The molecule has 5 N–H and O–H groups in total. The molecule has 0 atom stereocenters. The molecule has 1 saturated carbocycles. The van der Waals surface area contributed by atoms with Gasteiger partial charge in [0.1, 0.15) is 11.8 Å². The number of aromatic nitrogens is 4. The van der Waals surface area contributed by atoms with E-state index in [1.54, 1.807) is 6.26 Å². The minimum atomic E-state index is -0.333. The van der Waals surface area contributed by atoms with E-state index in [-0.39, 0.29) is 5.96 Å². The van der Waals surface area contributed by atoms with Gasteiger partial charge in [0, 0.05) is 47.9 Å². The quantitative estimate of drug-likeness (QED) is 0.325. The van der Waals surface area contributed by atoms with Gasteiger partial charge in [0.05, 0.1) is 6.26 Å². The summed E-state index contributed by atoms with van der Waals surface area (Å²) in [7, 11) is 0. The van der Waals surface area contributed by atoms with Gasteiger partial charge in [-0.05, 0) is 42.7 Å². The van der Waals surface area contributed by atoms with Crippen LogP contribution < -0.4 is 16.4 Å². The number of nitrogens with one attached hydrogen (secondary N) is 1. The number of anilines is 1. The summed E-state index contributed by atoms with van der Waals surface area (Å²) in [6, 6.07) is 13.0. The number of hydrogen-bond acceptors (Lipinski definition) is 6. The number of furan rings is 1. The average Bonchev–Trinajstić information content (AvgIpc) is 3.36. The third-order valence-corrected chi connectivity index (χ3v) is 5.53. The van der Waals surface area contributed by atoms with Crippen molar-refractivity contribution in [2.24, 2.45) is 11.5 Å². The molecule has 33 heavy (non-hydrogen) atoms. The Balaban J connectivity index is 0.000000531. The summed E-state index contributed by atoms with van der Waals surface area (Å²) in [5, 5.41) is 14.5. The molecule has 9 nitrogen and oxygen atoms in total. The molecule has 4 aromatic rings. The van der Waals surface area contributed by atoms with Gasteiger partial charge in [-0.1, -0.05) is 18.2 Å². The molecule has 3 aromatic heterocycles. The minimum absolute atomic E-state index is 0.333. The maximum Gasteiger partial charge on any atom is 0.183 e. The Morgan fingerprint density at radius 3 is 2.73 bits per heavy atom. The predicted molar refractivity (Wildman–Crippen MR) is 128 cm³/mol. The number of allylic oxidation sites excluding steroid dienone is 2. The van der Waals surface area contributed by atoms with E-state index in [1.165, 1.54) is 12.8 Å². The molecule has 1 aromatic carbocycles. The Morgan fingerprint density at radius 2 is 1.97 bits per heavy atom. The summed E-state index contributed by atoms with van der Waals surface area (Å²) in [6.45, 7) is 0.792. The molecule has 0 amide bonds. The van der Waals surface area contributed by atoms with Gasteiger partial charge < -0.3 is 25.4 Å². The van der Waals surface area contributed by atoms with Crippen LogP contribution in [0.5, 0.6) is 0 Å². The van der Waals surface area contributed by atoms with Crippen molar-refractivity contribution in [3.05, 3.63) is 79.1 Å². The largest absolute Gasteiger partial charge is 0.463 e. The van der Waals surface area contributed by atoms with Crippen LogP contribution in [0.3, 0.4) is 0 Å². The second-order valence-corrected chi connectivity index (χ2v) is 7.95. The summed E-state index contributed by atoms with van der Waals surface area (Å²) in [5.41, 5.74) is 15.1. The SMILES string of the molecule is C1=CN(c2cccc(-c3nncn3C3CC3)c2)CC=C1c1cnc2ccoc2c1.N=C(N)N. The molecular weight excluding hydrogens is 416 g/mol. The molecule has 166 valence electrons. The summed E-state index contributed by atoms with van der Waals surface area (Å²) in [5.74, 6) is 0.615. The maximum absolute atomic E-state index is 6.06. The van der Waals surface area contributed by atoms with Gasteiger partial charge in [0.2, 0.25) is 0 Å².